The summed E-state index contributed by atoms with van der Waals surface area (Å²) in [7, 11) is 4.00. The molecule has 0 aliphatic carbocycles. The van der Waals surface area contributed by atoms with Crippen LogP contribution in [0.4, 0.5) is 0 Å². The summed E-state index contributed by atoms with van der Waals surface area (Å²) in [6, 6.07) is 16.9. The van der Waals surface area contributed by atoms with Crippen molar-refractivity contribution in [1.82, 2.24) is 10.4 Å². The van der Waals surface area contributed by atoms with Crippen molar-refractivity contribution in [2.24, 2.45) is 0 Å². The summed E-state index contributed by atoms with van der Waals surface area (Å²) in [4.78, 5) is 7.90. The van der Waals surface area contributed by atoms with Crippen LogP contribution in [-0.4, -0.2) is 31.1 Å². The lowest BCUT2D eigenvalue weighted by atomic mass is 9.79. The van der Waals surface area contributed by atoms with Gasteiger partial charge in [0.1, 0.15) is 0 Å². The Balaban J connectivity index is 1.82. The van der Waals surface area contributed by atoms with E-state index in [-0.39, 0.29) is 0 Å². The summed E-state index contributed by atoms with van der Waals surface area (Å²) >= 11 is 0. The fraction of sp³-hybridized carbons (Fsp3) is 0.455. The van der Waals surface area contributed by atoms with Gasteiger partial charge < -0.3 is 0 Å². The maximum atomic E-state index is 5.32. The molecule has 25 heavy (non-hydrogen) atoms. The van der Waals surface area contributed by atoms with Gasteiger partial charge in [0.25, 0.3) is 0 Å². The van der Waals surface area contributed by atoms with Gasteiger partial charge in [0.05, 0.1) is 7.11 Å². The molecule has 2 saturated heterocycles. The third-order valence-corrected chi connectivity index (χ3v) is 6.19. The molecule has 0 aromatic heterocycles. The summed E-state index contributed by atoms with van der Waals surface area (Å²) in [6.45, 7) is 2.22. The molecule has 3 nitrogen and oxygen atoms in total. The number of benzene rings is 2. The van der Waals surface area contributed by atoms with Crippen LogP contribution in [0.25, 0.3) is 10.8 Å². The summed E-state index contributed by atoms with van der Waals surface area (Å²) in [5.74, 6) is 0.482. The lowest BCUT2D eigenvalue weighted by Gasteiger charge is -2.40. The molecule has 4 rings (SSSR count). The van der Waals surface area contributed by atoms with Crippen LogP contribution in [-0.2, 0) is 4.84 Å². The Labute approximate surface area is 150 Å². The average Bonchev–Trinajstić information content (AvgIpc) is 2.88. The van der Waals surface area contributed by atoms with Gasteiger partial charge in [0.15, 0.2) is 0 Å². The van der Waals surface area contributed by atoms with Gasteiger partial charge >= 0.3 is 0 Å². The van der Waals surface area contributed by atoms with Crippen molar-refractivity contribution in [2.75, 3.05) is 14.2 Å². The van der Waals surface area contributed by atoms with Crippen molar-refractivity contribution in [2.45, 2.75) is 50.6 Å². The summed E-state index contributed by atoms with van der Waals surface area (Å²) < 4.78 is 0. The molecule has 2 aliphatic heterocycles. The molecule has 2 aromatic carbocycles. The molecule has 2 fully saturated rings. The molecule has 3 heteroatoms. The molecule has 2 heterocycles. The lowest BCUT2D eigenvalue weighted by molar-refractivity contribution is 0.110. The number of hydroxylamine groups is 1. The Hall–Kier alpha value is -1.84. The maximum Gasteiger partial charge on any atom is 0.0636 e. The Morgan fingerprint density at radius 3 is 2.72 bits per heavy atom. The molecular formula is C22H28N2O. The SMILES string of the molecule is CCC(NOC)=C1[C@@H](c2ccc3ccccc3c2)CC2CC[C@@H]1N2C. The van der Waals surface area contributed by atoms with E-state index in [0.29, 0.717) is 18.0 Å². The number of rotatable bonds is 4. The maximum absolute atomic E-state index is 5.32. The number of hydrogen-bond acceptors (Lipinski definition) is 3. The van der Waals surface area contributed by atoms with Crippen LogP contribution >= 0.6 is 0 Å². The van der Waals surface area contributed by atoms with E-state index in [1.165, 1.54) is 46.9 Å². The van der Waals surface area contributed by atoms with E-state index in [0.717, 1.165) is 6.42 Å². The molecule has 132 valence electrons. The van der Waals surface area contributed by atoms with Gasteiger partial charge in [-0.25, -0.2) is 0 Å². The summed E-state index contributed by atoms with van der Waals surface area (Å²) in [6.07, 6.45) is 4.74. The molecule has 2 aliphatic rings. The second-order valence-corrected chi connectivity index (χ2v) is 7.40. The molecule has 2 aromatic rings. The average molecular weight is 336 g/mol. The van der Waals surface area contributed by atoms with Gasteiger partial charge in [-0.2, -0.15) is 0 Å². The second-order valence-electron chi connectivity index (χ2n) is 7.40. The normalized spacial score (nSPS) is 28.4. The summed E-state index contributed by atoms with van der Waals surface area (Å²) in [5.41, 5.74) is 7.44. The van der Waals surface area contributed by atoms with Crippen LogP contribution in [0.3, 0.4) is 0 Å². The fourth-order valence-corrected chi connectivity index (χ4v) is 4.91. The van der Waals surface area contributed by atoms with Crippen LogP contribution in [0.15, 0.2) is 53.7 Å². The Kier molecular flexibility index (Phi) is 4.53. The molecule has 1 unspecified atom stereocenters. The Morgan fingerprint density at radius 2 is 1.96 bits per heavy atom. The number of nitrogens with zero attached hydrogens (tertiary/aromatic N) is 1. The largest absolute Gasteiger partial charge is 0.297 e. The third kappa shape index (κ3) is 2.86. The predicted molar refractivity (Wildman–Crippen MR) is 103 cm³/mol. The number of likely N-dealkylation sites (N-methyl/N-ethyl adjacent to an activating group) is 1. The number of nitrogens with one attached hydrogen (secondary N) is 1. The summed E-state index contributed by atoms with van der Waals surface area (Å²) in [5, 5.41) is 2.65. The van der Waals surface area contributed by atoms with E-state index in [4.69, 9.17) is 4.84 Å². The number of hydrogen-bond donors (Lipinski definition) is 1. The van der Waals surface area contributed by atoms with Crippen molar-refractivity contribution in [3.63, 3.8) is 0 Å². The second kappa shape index (κ2) is 6.81. The van der Waals surface area contributed by atoms with Gasteiger partial charge in [0, 0.05) is 23.7 Å². The van der Waals surface area contributed by atoms with Gasteiger partial charge in [0.2, 0.25) is 0 Å². The minimum Gasteiger partial charge on any atom is -0.297 e. The predicted octanol–water partition coefficient (Wildman–Crippen LogP) is 4.61. The van der Waals surface area contributed by atoms with Crippen molar-refractivity contribution in [3.8, 4) is 0 Å². The molecular weight excluding hydrogens is 308 g/mol. The first kappa shape index (κ1) is 16.6. The van der Waals surface area contributed by atoms with Gasteiger partial charge in [-0.1, -0.05) is 49.4 Å². The highest BCUT2D eigenvalue weighted by Gasteiger charge is 2.43. The first-order valence-corrected chi connectivity index (χ1v) is 9.45. The molecule has 0 amide bonds. The monoisotopic (exact) mass is 336 g/mol. The van der Waals surface area contributed by atoms with Crippen LogP contribution in [0.5, 0.6) is 0 Å². The zero-order valence-electron chi connectivity index (χ0n) is 15.5. The molecule has 0 saturated carbocycles. The topological polar surface area (TPSA) is 24.5 Å². The molecule has 3 atom stereocenters. The third-order valence-electron chi connectivity index (χ3n) is 6.19. The van der Waals surface area contributed by atoms with E-state index in [1.807, 2.05) is 0 Å². The quantitative estimate of drug-likeness (QED) is 0.826. The fourth-order valence-electron chi connectivity index (χ4n) is 4.91. The van der Waals surface area contributed by atoms with Crippen molar-refractivity contribution in [3.05, 3.63) is 59.3 Å². The lowest BCUT2D eigenvalue weighted by Crippen LogP contribution is -2.42. The van der Waals surface area contributed by atoms with Crippen LogP contribution in [0.1, 0.15) is 44.1 Å². The molecule has 2 bridgehead atoms. The number of allylic oxidation sites excluding steroid dienone is 1. The van der Waals surface area contributed by atoms with E-state index in [2.05, 4.69) is 66.8 Å². The van der Waals surface area contributed by atoms with E-state index in [1.54, 1.807) is 7.11 Å². The van der Waals surface area contributed by atoms with Crippen LogP contribution < -0.4 is 5.48 Å². The van der Waals surface area contributed by atoms with Crippen LogP contribution in [0.2, 0.25) is 0 Å². The number of fused-ring (bicyclic) bond motifs is 3. The van der Waals surface area contributed by atoms with Gasteiger partial charge in [-0.05, 0) is 54.6 Å². The molecule has 0 radical (unpaired) electrons. The highest BCUT2D eigenvalue weighted by atomic mass is 16.6. The van der Waals surface area contributed by atoms with Gasteiger partial charge in [-0.3, -0.25) is 15.2 Å². The Morgan fingerprint density at radius 1 is 1.16 bits per heavy atom. The van der Waals surface area contributed by atoms with E-state index in [9.17, 15) is 0 Å². The van der Waals surface area contributed by atoms with Crippen molar-refractivity contribution >= 4 is 10.8 Å². The zero-order valence-corrected chi connectivity index (χ0v) is 15.5. The first-order valence-electron chi connectivity index (χ1n) is 9.45. The van der Waals surface area contributed by atoms with Crippen molar-refractivity contribution in [1.29, 1.82) is 0 Å². The molecule has 1 N–H and O–H groups in total. The van der Waals surface area contributed by atoms with Crippen molar-refractivity contribution < 1.29 is 4.84 Å². The van der Waals surface area contributed by atoms with Crippen LogP contribution in [0, 0.1) is 0 Å². The standard InChI is InChI=1S/C22H28N2O/c1-4-20(23-25-3)22-19(14-18-11-12-21(22)24(18)2)17-10-9-15-7-5-6-8-16(15)13-17/h5-10,13,18-19,21,23H,4,11-12,14H2,1-3H3/t18?,19-,21+/m1/s1. The highest BCUT2D eigenvalue weighted by Crippen LogP contribution is 2.47. The smallest absolute Gasteiger partial charge is 0.0636 e. The highest BCUT2D eigenvalue weighted by molar-refractivity contribution is 5.83. The number of piperidine rings is 1. The minimum atomic E-state index is 0.482. The minimum absolute atomic E-state index is 0.482. The van der Waals surface area contributed by atoms with E-state index >= 15 is 0 Å². The zero-order chi connectivity index (χ0) is 17.4. The van der Waals surface area contributed by atoms with E-state index < -0.39 is 0 Å². The van der Waals surface area contributed by atoms with Gasteiger partial charge in [-0.15, -0.1) is 0 Å². The first-order chi connectivity index (χ1) is 12.2. The Bertz CT molecular complexity index is 797. The molecule has 0 spiro atoms.